The molecule has 0 fully saturated rings. The standard InChI is InChI=1S/C28H32N2O3/c1-18(2)33-16-10-15-29-28(32)25-24-19(3)22(20-11-6-4-7-12-20)17-23(31)27(24)30-26(25)21-13-8-5-9-14-21/h4-9,11-14,18-19,22,30H,10,15-17H2,1-3H3,(H,29,32)/t19-,22+/m0/s1. The molecule has 5 nitrogen and oxygen atoms in total. The van der Waals surface area contributed by atoms with Gasteiger partial charge in [-0.2, -0.15) is 0 Å². The Labute approximate surface area is 195 Å². The molecule has 0 saturated heterocycles. The third kappa shape index (κ3) is 4.93. The van der Waals surface area contributed by atoms with E-state index in [0.29, 0.717) is 36.5 Å². The van der Waals surface area contributed by atoms with Crippen LogP contribution < -0.4 is 5.32 Å². The molecule has 1 aliphatic rings. The molecule has 4 rings (SSSR count). The number of fused-ring (bicyclic) bond motifs is 1. The first kappa shape index (κ1) is 23.0. The molecule has 2 atom stereocenters. The molecule has 0 aliphatic heterocycles. The number of Topliss-reactive ketones (excluding diaryl/α,β-unsaturated/α-hetero) is 1. The first-order valence-corrected chi connectivity index (χ1v) is 11.8. The molecule has 1 heterocycles. The van der Waals surface area contributed by atoms with Gasteiger partial charge in [-0.05, 0) is 48.8 Å². The van der Waals surface area contributed by atoms with Gasteiger partial charge < -0.3 is 15.0 Å². The number of aromatic nitrogens is 1. The molecule has 0 saturated carbocycles. The molecule has 5 heteroatoms. The van der Waals surface area contributed by atoms with Crippen LogP contribution in [0.2, 0.25) is 0 Å². The van der Waals surface area contributed by atoms with Crippen LogP contribution in [-0.2, 0) is 4.74 Å². The highest BCUT2D eigenvalue weighted by Gasteiger charge is 2.38. The van der Waals surface area contributed by atoms with Crippen LogP contribution in [0.4, 0.5) is 0 Å². The zero-order valence-electron chi connectivity index (χ0n) is 19.6. The van der Waals surface area contributed by atoms with Gasteiger partial charge in [0.25, 0.3) is 5.91 Å². The zero-order valence-corrected chi connectivity index (χ0v) is 19.6. The summed E-state index contributed by atoms with van der Waals surface area (Å²) in [5.41, 5.74) is 4.73. The minimum Gasteiger partial charge on any atom is -0.379 e. The van der Waals surface area contributed by atoms with Crippen LogP contribution in [0, 0.1) is 0 Å². The Bertz CT molecular complexity index is 1100. The zero-order chi connectivity index (χ0) is 23.4. The van der Waals surface area contributed by atoms with E-state index >= 15 is 0 Å². The number of amides is 1. The lowest BCUT2D eigenvalue weighted by Gasteiger charge is -2.29. The van der Waals surface area contributed by atoms with Crippen molar-refractivity contribution in [3.8, 4) is 11.3 Å². The highest BCUT2D eigenvalue weighted by Crippen LogP contribution is 2.45. The fourth-order valence-corrected chi connectivity index (χ4v) is 4.71. The average Bonchev–Trinajstić information content (AvgIpc) is 3.24. The van der Waals surface area contributed by atoms with Crippen molar-refractivity contribution in [2.24, 2.45) is 0 Å². The largest absolute Gasteiger partial charge is 0.379 e. The number of ketones is 1. The van der Waals surface area contributed by atoms with E-state index in [1.807, 2.05) is 62.4 Å². The molecule has 0 spiro atoms. The number of hydrogen-bond acceptors (Lipinski definition) is 3. The van der Waals surface area contributed by atoms with Crippen LogP contribution in [0.1, 0.15) is 77.4 Å². The number of hydrogen-bond donors (Lipinski definition) is 2. The van der Waals surface area contributed by atoms with Gasteiger partial charge in [0.2, 0.25) is 0 Å². The number of benzene rings is 2. The van der Waals surface area contributed by atoms with E-state index < -0.39 is 0 Å². The molecular formula is C28H32N2O3. The first-order valence-electron chi connectivity index (χ1n) is 11.8. The molecule has 0 unspecified atom stereocenters. The molecular weight excluding hydrogens is 412 g/mol. The SMILES string of the molecule is CC(C)OCCCNC(=O)c1c(-c2ccccc2)[nH]c2c1[C@@H](C)[C@H](c1ccccc1)CC2=O. The second kappa shape index (κ2) is 10.2. The van der Waals surface area contributed by atoms with Crippen molar-refractivity contribution < 1.29 is 14.3 Å². The predicted octanol–water partition coefficient (Wildman–Crippen LogP) is 5.70. The number of nitrogens with one attached hydrogen (secondary N) is 2. The summed E-state index contributed by atoms with van der Waals surface area (Å²) in [6.45, 7) is 7.24. The van der Waals surface area contributed by atoms with E-state index in [1.54, 1.807) is 0 Å². The average molecular weight is 445 g/mol. The molecule has 1 aromatic heterocycles. The van der Waals surface area contributed by atoms with Crippen LogP contribution in [0.15, 0.2) is 60.7 Å². The van der Waals surface area contributed by atoms with Crippen LogP contribution in [0.3, 0.4) is 0 Å². The summed E-state index contributed by atoms with van der Waals surface area (Å²) in [6.07, 6.45) is 1.34. The van der Waals surface area contributed by atoms with Crippen molar-refractivity contribution in [2.75, 3.05) is 13.2 Å². The molecule has 2 aromatic carbocycles. The Hall–Kier alpha value is -3.18. The second-order valence-electron chi connectivity index (χ2n) is 8.99. The van der Waals surface area contributed by atoms with Gasteiger partial charge in [-0.1, -0.05) is 67.6 Å². The van der Waals surface area contributed by atoms with Crippen molar-refractivity contribution in [1.82, 2.24) is 10.3 Å². The van der Waals surface area contributed by atoms with Crippen molar-refractivity contribution in [1.29, 1.82) is 0 Å². The number of H-pyrrole nitrogens is 1. The summed E-state index contributed by atoms with van der Waals surface area (Å²) in [5.74, 6) is -0.0294. The Morgan fingerprint density at radius 2 is 1.73 bits per heavy atom. The number of ether oxygens (including phenoxy) is 1. The summed E-state index contributed by atoms with van der Waals surface area (Å²) < 4.78 is 5.59. The molecule has 0 bridgehead atoms. The monoisotopic (exact) mass is 444 g/mol. The van der Waals surface area contributed by atoms with Crippen LogP contribution >= 0.6 is 0 Å². The Balaban J connectivity index is 1.70. The summed E-state index contributed by atoms with van der Waals surface area (Å²) >= 11 is 0. The van der Waals surface area contributed by atoms with Gasteiger partial charge >= 0.3 is 0 Å². The fraction of sp³-hybridized carbons (Fsp3) is 0.357. The van der Waals surface area contributed by atoms with Crippen LogP contribution in [-0.4, -0.2) is 35.9 Å². The minimum atomic E-state index is -0.149. The van der Waals surface area contributed by atoms with E-state index in [9.17, 15) is 9.59 Å². The lowest BCUT2D eigenvalue weighted by Crippen LogP contribution is -2.29. The van der Waals surface area contributed by atoms with Gasteiger partial charge in [-0.3, -0.25) is 9.59 Å². The number of rotatable bonds is 8. The number of carbonyl (C=O) groups excluding carboxylic acids is 2. The molecule has 33 heavy (non-hydrogen) atoms. The maximum absolute atomic E-state index is 13.5. The lowest BCUT2D eigenvalue weighted by molar-refractivity contribution is 0.0757. The number of aromatic amines is 1. The van der Waals surface area contributed by atoms with E-state index in [1.165, 1.54) is 0 Å². The molecule has 0 radical (unpaired) electrons. The molecule has 172 valence electrons. The van der Waals surface area contributed by atoms with Crippen LogP contribution in [0.5, 0.6) is 0 Å². The van der Waals surface area contributed by atoms with Crippen molar-refractivity contribution in [2.45, 2.75) is 51.6 Å². The van der Waals surface area contributed by atoms with Gasteiger partial charge in [-0.25, -0.2) is 0 Å². The summed E-state index contributed by atoms with van der Waals surface area (Å²) in [5, 5.41) is 3.06. The van der Waals surface area contributed by atoms with E-state index in [0.717, 1.165) is 23.1 Å². The van der Waals surface area contributed by atoms with Crippen molar-refractivity contribution in [3.63, 3.8) is 0 Å². The Morgan fingerprint density at radius 3 is 2.39 bits per heavy atom. The van der Waals surface area contributed by atoms with Gasteiger partial charge in [-0.15, -0.1) is 0 Å². The van der Waals surface area contributed by atoms with Crippen LogP contribution in [0.25, 0.3) is 11.3 Å². The molecule has 1 amide bonds. The van der Waals surface area contributed by atoms with Gasteiger partial charge in [0.1, 0.15) is 0 Å². The first-order chi connectivity index (χ1) is 16.0. The van der Waals surface area contributed by atoms with Crippen molar-refractivity contribution >= 4 is 11.7 Å². The highest BCUT2D eigenvalue weighted by atomic mass is 16.5. The summed E-state index contributed by atoms with van der Waals surface area (Å²) in [4.78, 5) is 30.0. The second-order valence-corrected chi connectivity index (χ2v) is 8.99. The normalized spacial score (nSPS) is 17.8. The summed E-state index contributed by atoms with van der Waals surface area (Å²) in [6, 6.07) is 19.9. The molecule has 1 aliphatic carbocycles. The van der Waals surface area contributed by atoms with E-state index in [2.05, 4.69) is 29.4 Å². The highest BCUT2D eigenvalue weighted by molar-refractivity contribution is 6.08. The Morgan fingerprint density at radius 1 is 1.06 bits per heavy atom. The van der Waals surface area contributed by atoms with E-state index in [4.69, 9.17) is 4.74 Å². The maximum Gasteiger partial charge on any atom is 0.253 e. The molecule has 2 N–H and O–H groups in total. The summed E-state index contributed by atoms with van der Waals surface area (Å²) in [7, 11) is 0. The topological polar surface area (TPSA) is 71.2 Å². The van der Waals surface area contributed by atoms with Crippen molar-refractivity contribution in [3.05, 3.63) is 83.0 Å². The minimum absolute atomic E-state index is 0.0267. The third-order valence-electron chi connectivity index (χ3n) is 6.36. The predicted molar refractivity (Wildman–Crippen MR) is 131 cm³/mol. The van der Waals surface area contributed by atoms with E-state index in [-0.39, 0.29) is 29.6 Å². The Kier molecular flexibility index (Phi) is 7.09. The quantitative estimate of drug-likeness (QED) is 0.438. The fourth-order valence-electron chi connectivity index (χ4n) is 4.71. The lowest BCUT2D eigenvalue weighted by atomic mass is 9.73. The smallest absolute Gasteiger partial charge is 0.253 e. The number of carbonyl (C=O) groups is 2. The molecule has 3 aromatic rings. The van der Waals surface area contributed by atoms with Gasteiger partial charge in [0.15, 0.2) is 5.78 Å². The third-order valence-corrected chi connectivity index (χ3v) is 6.36. The van der Waals surface area contributed by atoms with Gasteiger partial charge in [0, 0.05) is 19.6 Å². The van der Waals surface area contributed by atoms with Gasteiger partial charge in [0.05, 0.1) is 23.1 Å². The maximum atomic E-state index is 13.5.